The van der Waals surface area contributed by atoms with E-state index in [0.717, 1.165) is 70.4 Å². The zero-order chi connectivity index (χ0) is 21.0. The molecule has 31 heavy (non-hydrogen) atoms. The maximum Gasteiger partial charge on any atom is 0.241 e. The standard InChI is InChI=1S/C25H36N4O2/c30-23-17(9-10-21-22(23)19-7-4-8-20(19)27-21)15-28-13-11-25(12-14-28)24(31)26-16-29(25)18-5-2-1-3-6-18/h17-18,27H,1-16H2,(H,26,31). The molecular weight excluding hydrogens is 388 g/mol. The fraction of sp³-hybridized carbons (Fsp3) is 0.760. The van der Waals surface area contributed by atoms with Gasteiger partial charge in [-0.1, -0.05) is 19.3 Å². The van der Waals surface area contributed by atoms with Crippen LogP contribution in [0.3, 0.4) is 0 Å². The van der Waals surface area contributed by atoms with Crippen molar-refractivity contribution in [2.45, 2.75) is 88.6 Å². The SMILES string of the molecule is O=C1c2c([nH]c3c2CCC3)CCC1CN1CCC2(CC1)C(=O)NCN2C1CCCCC1. The molecule has 3 heterocycles. The highest BCUT2D eigenvalue weighted by Gasteiger charge is 2.52. The van der Waals surface area contributed by atoms with Crippen molar-refractivity contribution < 1.29 is 9.59 Å². The molecule has 0 aromatic carbocycles. The molecule has 6 rings (SSSR count). The third kappa shape index (κ3) is 3.20. The normalized spacial score (nSPS) is 29.4. The Labute approximate surface area is 185 Å². The van der Waals surface area contributed by atoms with Gasteiger partial charge in [-0.25, -0.2) is 0 Å². The number of aromatic nitrogens is 1. The van der Waals surface area contributed by atoms with Gasteiger partial charge in [0.1, 0.15) is 5.54 Å². The molecule has 1 spiro atoms. The van der Waals surface area contributed by atoms with Crippen LogP contribution in [-0.2, 0) is 24.1 Å². The summed E-state index contributed by atoms with van der Waals surface area (Å²) >= 11 is 0. The minimum atomic E-state index is -0.302. The van der Waals surface area contributed by atoms with Gasteiger partial charge in [-0.2, -0.15) is 0 Å². The molecular formula is C25H36N4O2. The maximum atomic E-state index is 13.4. The number of aromatic amines is 1. The van der Waals surface area contributed by atoms with Crippen molar-refractivity contribution in [2.24, 2.45) is 5.92 Å². The van der Waals surface area contributed by atoms with Crippen LogP contribution in [0.4, 0.5) is 0 Å². The van der Waals surface area contributed by atoms with Gasteiger partial charge < -0.3 is 15.2 Å². The number of likely N-dealkylation sites (tertiary alicyclic amines) is 1. The van der Waals surface area contributed by atoms with Crippen LogP contribution in [0.15, 0.2) is 0 Å². The van der Waals surface area contributed by atoms with Crippen molar-refractivity contribution in [1.82, 2.24) is 20.1 Å². The number of nitrogens with one attached hydrogen (secondary N) is 2. The lowest BCUT2D eigenvalue weighted by Crippen LogP contribution is -2.59. The Hall–Kier alpha value is -1.66. The first-order valence-corrected chi connectivity index (χ1v) is 12.7. The Morgan fingerprint density at radius 2 is 1.71 bits per heavy atom. The summed E-state index contributed by atoms with van der Waals surface area (Å²) in [5.41, 5.74) is 4.61. The number of nitrogens with zero attached hydrogens (tertiary/aromatic N) is 2. The summed E-state index contributed by atoms with van der Waals surface area (Å²) in [7, 11) is 0. The van der Waals surface area contributed by atoms with E-state index in [4.69, 9.17) is 0 Å². The smallest absolute Gasteiger partial charge is 0.241 e. The van der Waals surface area contributed by atoms with Crippen LogP contribution in [0.2, 0.25) is 0 Å². The Bertz CT molecular complexity index is 876. The Balaban J connectivity index is 1.12. The van der Waals surface area contributed by atoms with Crippen LogP contribution in [0, 0.1) is 5.92 Å². The lowest BCUT2D eigenvalue weighted by molar-refractivity contribution is -0.130. The zero-order valence-electron chi connectivity index (χ0n) is 18.7. The molecule has 0 bridgehead atoms. The molecule has 3 aliphatic carbocycles. The number of Topliss-reactive ketones (excluding diaryl/α,β-unsaturated/α-hetero) is 1. The number of hydrogen-bond acceptors (Lipinski definition) is 4. The number of H-pyrrole nitrogens is 1. The van der Waals surface area contributed by atoms with Gasteiger partial charge in [0.05, 0.1) is 6.67 Å². The molecule has 0 radical (unpaired) electrons. The molecule has 3 fully saturated rings. The van der Waals surface area contributed by atoms with Gasteiger partial charge in [0.15, 0.2) is 5.78 Å². The van der Waals surface area contributed by atoms with E-state index in [2.05, 4.69) is 20.1 Å². The summed E-state index contributed by atoms with van der Waals surface area (Å²) in [6.07, 6.45) is 13.5. The molecule has 1 amide bonds. The number of amides is 1. The van der Waals surface area contributed by atoms with E-state index in [0.29, 0.717) is 11.8 Å². The number of fused-ring (bicyclic) bond motifs is 3. The van der Waals surface area contributed by atoms with Gasteiger partial charge in [0.2, 0.25) is 5.91 Å². The monoisotopic (exact) mass is 424 g/mol. The van der Waals surface area contributed by atoms with Gasteiger partial charge in [0, 0.05) is 48.5 Å². The molecule has 168 valence electrons. The number of ketones is 1. The first-order valence-electron chi connectivity index (χ1n) is 12.7. The summed E-state index contributed by atoms with van der Waals surface area (Å²) in [5.74, 6) is 0.747. The van der Waals surface area contributed by atoms with Gasteiger partial charge in [-0.05, 0) is 63.4 Å². The molecule has 1 aromatic rings. The summed E-state index contributed by atoms with van der Waals surface area (Å²) in [4.78, 5) is 34.8. The Kier molecular flexibility index (Phi) is 4.98. The second-order valence-electron chi connectivity index (χ2n) is 10.6. The van der Waals surface area contributed by atoms with Gasteiger partial charge in [0.25, 0.3) is 0 Å². The number of piperidine rings is 1. The molecule has 1 unspecified atom stereocenters. The second kappa shape index (κ2) is 7.73. The number of rotatable bonds is 3. The molecule has 1 saturated carbocycles. The van der Waals surface area contributed by atoms with Gasteiger partial charge in [-0.15, -0.1) is 0 Å². The van der Waals surface area contributed by atoms with Crippen LogP contribution < -0.4 is 5.32 Å². The number of aryl methyl sites for hydroxylation is 2. The molecule has 2 N–H and O–H groups in total. The third-order valence-corrected chi connectivity index (χ3v) is 9.04. The maximum absolute atomic E-state index is 13.4. The summed E-state index contributed by atoms with van der Waals surface area (Å²) < 4.78 is 0. The summed E-state index contributed by atoms with van der Waals surface area (Å²) in [5, 5.41) is 3.17. The molecule has 1 aromatic heterocycles. The van der Waals surface area contributed by atoms with Crippen molar-refractivity contribution in [1.29, 1.82) is 0 Å². The van der Waals surface area contributed by atoms with E-state index >= 15 is 0 Å². The minimum absolute atomic E-state index is 0.119. The minimum Gasteiger partial charge on any atom is -0.361 e. The van der Waals surface area contributed by atoms with E-state index in [-0.39, 0.29) is 17.4 Å². The number of hydrogen-bond donors (Lipinski definition) is 2. The van der Waals surface area contributed by atoms with Crippen molar-refractivity contribution in [3.63, 3.8) is 0 Å². The third-order valence-electron chi connectivity index (χ3n) is 9.04. The molecule has 5 aliphatic rings. The highest BCUT2D eigenvalue weighted by atomic mass is 16.2. The fourth-order valence-electron chi connectivity index (χ4n) is 7.30. The van der Waals surface area contributed by atoms with E-state index in [1.54, 1.807) is 0 Å². The Morgan fingerprint density at radius 1 is 0.903 bits per heavy atom. The zero-order valence-corrected chi connectivity index (χ0v) is 18.7. The van der Waals surface area contributed by atoms with E-state index in [1.807, 2.05) is 0 Å². The molecule has 6 heteroatoms. The lowest BCUT2D eigenvalue weighted by atomic mass is 9.81. The number of carbonyl (C=O) groups is 2. The number of carbonyl (C=O) groups excluding carboxylic acids is 2. The van der Waals surface area contributed by atoms with Crippen molar-refractivity contribution in [2.75, 3.05) is 26.3 Å². The molecule has 1 atom stereocenters. The fourth-order valence-corrected chi connectivity index (χ4v) is 7.30. The van der Waals surface area contributed by atoms with Crippen molar-refractivity contribution in [3.8, 4) is 0 Å². The van der Waals surface area contributed by atoms with Gasteiger partial charge >= 0.3 is 0 Å². The van der Waals surface area contributed by atoms with Crippen LogP contribution >= 0.6 is 0 Å². The van der Waals surface area contributed by atoms with Crippen LogP contribution in [0.25, 0.3) is 0 Å². The van der Waals surface area contributed by atoms with Gasteiger partial charge in [-0.3, -0.25) is 14.5 Å². The van der Waals surface area contributed by atoms with E-state index < -0.39 is 0 Å². The van der Waals surface area contributed by atoms with Crippen molar-refractivity contribution in [3.05, 3.63) is 22.5 Å². The topological polar surface area (TPSA) is 68.4 Å². The molecule has 6 nitrogen and oxygen atoms in total. The highest BCUT2D eigenvalue weighted by molar-refractivity contribution is 6.02. The second-order valence-corrected chi connectivity index (χ2v) is 10.6. The molecule has 2 aliphatic heterocycles. The van der Waals surface area contributed by atoms with Crippen LogP contribution in [0.5, 0.6) is 0 Å². The first kappa shape index (κ1) is 20.0. The highest BCUT2D eigenvalue weighted by Crippen LogP contribution is 2.39. The summed E-state index contributed by atoms with van der Waals surface area (Å²) in [6, 6.07) is 0.563. The quantitative estimate of drug-likeness (QED) is 0.783. The van der Waals surface area contributed by atoms with Crippen LogP contribution in [0.1, 0.15) is 85.1 Å². The average molecular weight is 425 g/mol. The lowest BCUT2D eigenvalue weighted by Gasteiger charge is -2.46. The predicted octanol–water partition coefficient (Wildman–Crippen LogP) is 2.81. The predicted molar refractivity (Wildman–Crippen MR) is 119 cm³/mol. The molecule has 2 saturated heterocycles. The largest absolute Gasteiger partial charge is 0.361 e. The summed E-state index contributed by atoms with van der Waals surface area (Å²) in [6.45, 7) is 3.45. The first-order chi connectivity index (χ1) is 15.2. The van der Waals surface area contributed by atoms with E-state index in [1.165, 1.54) is 55.5 Å². The van der Waals surface area contributed by atoms with Crippen LogP contribution in [-0.4, -0.2) is 64.4 Å². The Morgan fingerprint density at radius 3 is 2.52 bits per heavy atom. The van der Waals surface area contributed by atoms with Crippen molar-refractivity contribution >= 4 is 11.7 Å². The average Bonchev–Trinajstić information content (AvgIpc) is 3.47. The van der Waals surface area contributed by atoms with E-state index in [9.17, 15) is 9.59 Å².